The van der Waals surface area contributed by atoms with E-state index in [1.807, 2.05) is 40.1 Å². The quantitative estimate of drug-likeness (QED) is 0.817. The lowest BCUT2D eigenvalue weighted by atomic mass is 9.89. The lowest BCUT2D eigenvalue weighted by Gasteiger charge is -2.43. The summed E-state index contributed by atoms with van der Waals surface area (Å²) in [7, 11) is 1.59. The standard InChI is InChI=1S/C20H23ClN2O3/c1-25-19-13-17(22-8-4-5-9-22)15(21)12-14(19)20(24)23-10-11-26-18-7-3-2-6-16(18)23/h4-5,8-9,12-13,16,18H,2-3,6-7,10-11H2,1H3. The highest BCUT2D eigenvalue weighted by Crippen LogP contribution is 2.34. The minimum atomic E-state index is -0.0250. The first kappa shape index (κ1) is 17.4. The third-order valence-electron chi connectivity index (χ3n) is 5.37. The van der Waals surface area contributed by atoms with E-state index >= 15 is 0 Å². The summed E-state index contributed by atoms with van der Waals surface area (Å²) in [6.07, 6.45) is 8.31. The molecule has 0 radical (unpaired) electrons. The van der Waals surface area contributed by atoms with Crippen LogP contribution in [0.4, 0.5) is 0 Å². The van der Waals surface area contributed by atoms with Crippen LogP contribution in [-0.4, -0.2) is 47.8 Å². The molecule has 2 heterocycles. The van der Waals surface area contributed by atoms with Crippen molar-refractivity contribution < 1.29 is 14.3 Å². The molecular formula is C20H23ClN2O3. The van der Waals surface area contributed by atoms with Crippen molar-refractivity contribution in [3.8, 4) is 11.4 Å². The summed E-state index contributed by atoms with van der Waals surface area (Å²) in [5, 5.41) is 0.527. The van der Waals surface area contributed by atoms with Gasteiger partial charge in [0.2, 0.25) is 0 Å². The summed E-state index contributed by atoms with van der Waals surface area (Å²) in [5.74, 6) is 0.518. The topological polar surface area (TPSA) is 43.7 Å². The van der Waals surface area contributed by atoms with Gasteiger partial charge in [-0.05, 0) is 31.0 Å². The van der Waals surface area contributed by atoms with Gasteiger partial charge in [0, 0.05) is 25.0 Å². The van der Waals surface area contributed by atoms with Crippen LogP contribution in [0.1, 0.15) is 36.0 Å². The third-order valence-corrected chi connectivity index (χ3v) is 5.68. The molecule has 2 fully saturated rings. The number of benzene rings is 1. The fourth-order valence-electron chi connectivity index (χ4n) is 4.08. The maximum atomic E-state index is 13.3. The maximum absolute atomic E-state index is 13.3. The Hall–Kier alpha value is -1.98. The van der Waals surface area contributed by atoms with Crippen LogP contribution in [-0.2, 0) is 4.74 Å². The molecule has 1 aromatic heterocycles. The lowest BCUT2D eigenvalue weighted by molar-refractivity contribution is -0.0753. The van der Waals surface area contributed by atoms with Crippen LogP contribution in [0, 0.1) is 0 Å². The summed E-state index contributed by atoms with van der Waals surface area (Å²) in [6, 6.07) is 7.56. The van der Waals surface area contributed by atoms with Crippen LogP contribution in [0.3, 0.4) is 0 Å². The van der Waals surface area contributed by atoms with E-state index in [1.54, 1.807) is 13.2 Å². The summed E-state index contributed by atoms with van der Waals surface area (Å²) in [4.78, 5) is 15.3. The highest BCUT2D eigenvalue weighted by Gasteiger charge is 2.37. The Kier molecular flexibility index (Phi) is 4.92. The van der Waals surface area contributed by atoms with E-state index in [0.29, 0.717) is 29.5 Å². The first-order valence-electron chi connectivity index (χ1n) is 9.12. The number of hydrogen-bond donors (Lipinski definition) is 0. The largest absolute Gasteiger partial charge is 0.496 e. The van der Waals surface area contributed by atoms with Gasteiger partial charge >= 0.3 is 0 Å². The molecule has 1 aliphatic carbocycles. The molecule has 138 valence electrons. The van der Waals surface area contributed by atoms with Gasteiger partial charge in [-0.2, -0.15) is 0 Å². The van der Waals surface area contributed by atoms with Gasteiger partial charge in [0.15, 0.2) is 0 Å². The fraction of sp³-hybridized carbons (Fsp3) is 0.450. The predicted molar refractivity (Wildman–Crippen MR) is 100 cm³/mol. The summed E-state index contributed by atoms with van der Waals surface area (Å²) in [5.41, 5.74) is 1.31. The fourth-order valence-corrected chi connectivity index (χ4v) is 4.34. The van der Waals surface area contributed by atoms with Crippen molar-refractivity contribution in [1.29, 1.82) is 0 Å². The number of halogens is 1. The smallest absolute Gasteiger partial charge is 0.258 e. The number of morpholine rings is 1. The van der Waals surface area contributed by atoms with Gasteiger partial charge in [-0.1, -0.05) is 24.4 Å². The van der Waals surface area contributed by atoms with Gasteiger partial charge < -0.3 is 18.9 Å². The Bertz CT molecular complexity index is 789. The van der Waals surface area contributed by atoms with Crippen molar-refractivity contribution in [2.45, 2.75) is 37.8 Å². The van der Waals surface area contributed by atoms with Gasteiger partial charge in [0.05, 0.1) is 42.1 Å². The van der Waals surface area contributed by atoms with Crippen LogP contribution in [0.25, 0.3) is 5.69 Å². The number of amides is 1. The number of hydrogen-bond acceptors (Lipinski definition) is 3. The minimum absolute atomic E-state index is 0.0250. The number of ether oxygens (including phenoxy) is 2. The molecule has 5 nitrogen and oxygen atoms in total. The van der Waals surface area contributed by atoms with Crippen molar-refractivity contribution in [2.75, 3.05) is 20.3 Å². The van der Waals surface area contributed by atoms with E-state index in [4.69, 9.17) is 21.1 Å². The molecule has 6 heteroatoms. The van der Waals surface area contributed by atoms with Crippen molar-refractivity contribution in [3.05, 3.63) is 47.2 Å². The number of methoxy groups -OCH3 is 1. The number of rotatable bonds is 3. The van der Waals surface area contributed by atoms with Gasteiger partial charge in [-0.15, -0.1) is 0 Å². The van der Waals surface area contributed by atoms with Gasteiger partial charge in [-0.25, -0.2) is 0 Å². The number of carbonyl (C=O) groups excluding carboxylic acids is 1. The number of nitrogens with zero attached hydrogens (tertiary/aromatic N) is 2. The molecule has 2 aliphatic rings. The van der Waals surface area contributed by atoms with Crippen LogP contribution in [0.5, 0.6) is 5.75 Å². The first-order valence-corrected chi connectivity index (χ1v) is 9.50. The zero-order valence-electron chi connectivity index (χ0n) is 14.9. The number of fused-ring (bicyclic) bond motifs is 1. The average molecular weight is 375 g/mol. The van der Waals surface area contributed by atoms with Crippen molar-refractivity contribution in [3.63, 3.8) is 0 Å². The normalized spacial score (nSPS) is 22.8. The maximum Gasteiger partial charge on any atom is 0.258 e. The molecule has 1 saturated heterocycles. The van der Waals surface area contributed by atoms with Gasteiger partial charge in [-0.3, -0.25) is 4.79 Å². The van der Waals surface area contributed by atoms with Crippen LogP contribution >= 0.6 is 11.6 Å². The number of carbonyl (C=O) groups is 1. The second-order valence-electron chi connectivity index (χ2n) is 6.85. The van der Waals surface area contributed by atoms with Gasteiger partial charge in [0.1, 0.15) is 5.75 Å². The molecule has 1 amide bonds. The zero-order valence-corrected chi connectivity index (χ0v) is 15.6. The molecule has 1 saturated carbocycles. The van der Waals surface area contributed by atoms with Crippen molar-refractivity contribution in [1.82, 2.24) is 9.47 Å². The molecule has 0 N–H and O–H groups in total. The van der Waals surface area contributed by atoms with E-state index in [-0.39, 0.29) is 18.1 Å². The van der Waals surface area contributed by atoms with Crippen LogP contribution in [0.15, 0.2) is 36.7 Å². The van der Waals surface area contributed by atoms with E-state index in [0.717, 1.165) is 24.9 Å². The third kappa shape index (κ3) is 3.10. The monoisotopic (exact) mass is 374 g/mol. The van der Waals surface area contributed by atoms with E-state index in [1.165, 1.54) is 6.42 Å². The molecular weight excluding hydrogens is 352 g/mol. The molecule has 2 unspecified atom stereocenters. The first-order chi connectivity index (χ1) is 12.7. The van der Waals surface area contributed by atoms with Crippen LogP contribution < -0.4 is 4.74 Å². The Morgan fingerprint density at radius 2 is 2.00 bits per heavy atom. The Labute approximate surface area is 158 Å². The van der Waals surface area contributed by atoms with Crippen molar-refractivity contribution in [2.24, 2.45) is 0 Å². The molecule has 2 atom stereocenters. The molecule has 2 aromatic rings. The molecule has 1 aliphatic heterocycles. The Morgan fingerprint density at radius 1 is 1.23 bits per heavy atom. The Balaban J connectivity index is 1.68. The average Bonchev–Trinajstić information content (AvgIpc) is 3.21. The predicted octanol–water partition coefficient (Wildman–Crippen LogP) is 3.92. The van der Waals surface area contributed by atoms with Crippen LogP contribution in [0.2, 0.25) is 5.02 Å². The summed E-state index contributed by atoms with van der Waals surface area (Å²) in [6.45, 7) is 1.20. The van der Waals surface area contributed by atoms with E-state index < -0.39 is 0 Å². The highest BCUT2D eigenvalue weighted by molar-refractivity contribution is 6.33. The highest BCUT2D eigenvalue weighted by atomic mass is 35.5. The zero-order chi connectivity index (χ0) is 18.1. The SMILES string of the molecule is COc1cc(-n2cccc2)c(Cl)cc1C(=O)N1CCOC2CCCCC21. The summed E-state index contributed by atoms with van der Waals surface area (Å²) >= 11 is 6.50. The molecule has 1 aromatic carbocycles. The Morgan fingerprint density at radius 3 is 2.77 bits per heavy atom. The lowest BCUT2D eigenvalue weighted by Crippen LogP contribution is -2.54. The van der Waals surface area contributed by atoms with E-state index in [9.17, 15) is 4.79 Å². The molecule has 0 bridgehead atoms. The van der Waals surface area contributed by atoms with Crippen molar-refractivity contribution >= 4 is 17.5 Å². The number of aromatic nitrogens is 1. The minimum Gasteiger partial charge on any atom is -0.496 e. The second-order valence-corrected chi connectivity index (χ2v) is 7.26. The van der Waals surface area contributed by atoms with E-state index in [2.05, 4.69) is 0 Å². The van der Waals surface area contributed by atoms with Gasteiger partial charge in [0.25, 0.3) is 5.91 Å². The molecule has 26 heavy (non-hydrogen) atoms. The second kappa shape index (κ2) is 7.33. The molecule has 0 spiro atoms. The molecule has 4 rings (SSSR count). The summed E-state index contributed by atoms with van der Waals surface area (Å²) < 4.78 is 13.3.